The van der Waals surface area contributed by atoms with Crippen molar-refractivity contribution in [1.82, 2.24) is 4.90 Å². The first-order valence-electron chi connectivity index (χ1n) is 7.47. The fraction of sp³-hybridized carbons (Fsp3) is 0.625. The number of hydrogen-bond donors (Lipinski definition) is 1. The highest BCUT2D eigenvalue weighted by Crippen LogP contribution is 2.31. The van der Waals surface area contributed by atoms with E-state index >= 15 is 0 Å². The zero-order valence-corrected chi connectivity index (χ0v) is 12.0. The van der Waals surface area contributed by atoms with Crippen LogP contribution >= 0.6 is 0 Å². The second kappa shape index (κ2) is 6.02. The molecule has 0 spiro atoms. The summed E-state index contributed by atoms with van der Waals surface area (Å²) in [4.78, 5) is 2.28. The van der Waals surface area contributed by atoms with Crippen molar-refractivity contribution in [3.8, 4) is 11.5 Å². The monoisotopic (exact) mass is 277 g/mol. The molecule has 2 aliphatic rings. The summed E-state index contributed by atoms with van der Waals surface area (Å²) in [7, 11) is 2.11. The molecule has 0 aromatic heterocycles. The van der Waals surface area contributed by atoms with Crippen LogP contribution in [-0.4, -0.2) is 42.9 Å². The molecule has 1 aliphatic carbocycles. The molecule has 3 rings (SSSR count). The van der Waals surface area contributed by atoms with E-state index < -0.39 is 0 Å². The third kappa shape index (κ3) is 3.07. The number of ether oxygens (including phenoxy) is 2. The Morgan fingerprint density at radius 2 is 2.00 bits per heavy atom. The number of benzene rings is 1. The summed E-state index contributed by atoms with van der Waals surface area (Å²) in [5, 5.41) is 9.90. The normalized spacial score (nSPS) is 25.1. The van der Waals surface area contributed by atoms with Crippen LogP contribution in [0.25, 0.3) is 0 Å². The number of aliphatic hydroxyl groups is 1. The minimum atomic E-state index is -0.113. The molecule has 2 unspecified atom stereocenters. The maximum Gasteiger partial charge on any atom is 0.161 e. The molecular formula is C16H23NO3. The molecule has 1 N–H and O–H groups in total. The maximum atomic E-state index is 9.90. The number of rotatable bonds is 4. The van der Waals surface area contributed by atoms with Crippen molar-refractivity contribution in [3.63, 3.8) is 0 Å². The summed E-state index contributed by atoms with van der Waals surface area (Å²) in [6.45, 7) is 3.09. The van der Waals surface area contributed by atoms with Crippen LogP contribution in [0.3, 0.4) is 0 Å². The zero-order chi connectivity index (χ0) is 13.9. The lowest BCUT2D eigenvalue weighted by Crippen LogP contribution is -2.29. The number of nitrogens with zero attached hydrogens (tertiary/aromatic N) is 1. The topological polar surface area (TPSA) is 41.9 Å². The van der Waals surface area contributed by atoms with Crippen molar-refractivity contribution in [2.75, 3.05) is 26.8 Å². The predicted octanol–water partition coefficient (Wildman–Crippen LogP) is 2.05. The van der Waals surface area contributed by atoms with Gasteiger partial charge in [-0.2, -0.15) is 0 Å². The van der Waals surface area contributed by atoms with E-state index in [1.165, 1.54) is 5.56 Å². The van der Waals surface area contributed by atoms with Crippen molar-refractivity contribution in [2.45, 2.75) is 31.9 Å². The van der Waals surface area contributed by atoms with Crippen LogP contribution in [0, 0.1) is 5.92 Å². The predicted molar refractivity (Wildman–Crippen MR) is 77.1 cm³/mol. The van der Waals surface area contributed by atoms with Crippen LogP contribution in [0.5, 0.6) is 11.5 Å². The molecule has 2 atom stereocenters. The fourth-order valence-electron chi connectivity index (χ4n) is 3.19. The summed E-state index contributed by atoms with van der Waals surface area (Å²) in [5.74, 6) is 2.12. The van der Waals surface area contributed by atoms with Gasteiger partial charge < -0.3 is 19.5 Å². The van der Waals surface area contributed by atoms with Crippen molar-refractivity contribution in [1.29, 1.82) is 0 Å². The molecule has 1 aliphatic heterocycles. The van der Waals surface area contributed by atoms with E-state index in [0.717, 1.165) is 43.9 Å². The van der Waals surface area contributed by atoms with Crippen LogP contribution in [0.15, 0.2) is 18.2 Å². The lowest BCUT2D eigenvalue weighted by Gasteiger charge is -2.24. The van der Waals surface area contributed by atoms with Gasteiger partial charge in [-0.1, -0.05) is 12.5 Å². The van der Waals surface area contributed by atoms with E-state index in [0.29, 0.717) is 19.1 Å². The van der Waals surface area contributed by atoms with Gasteiger partial charge in [0.05, 0.1) is 6.10 Å². The summed E-state index contributed by atoms with van der Waals surface area (Å²) in [5.41, 5.74) is 1.23. The third-order valence-corrected chi connectivity index (χ3v) is 4.22. The largest absolute Gasteiger partial charge is 0.486 e. The Labute approximate surface area is 120 Å². The maximum absolute atomic E-state index is 9.90. The molecule has 0 amide bonds. The molecule has 0 saturated heterocycles. The number of hydrogen-bond acceptors (Lipinski definition) is 4. The average molecular weight is 277 g/mol. The Balaban J connectivity index is 1.59. The Morgan fingerprint density at radius 1 is 1.20 bits per heavy atom. The molecule has 0 bridgehead atoms. The number of aliphatic hydroxyl groups excluding tert-OH is 1. The molecule has 20 heavy (non-hydrogen) atoms. The van der Waals surface area contributed by atoms with Crippen LogP contribution in [0.1, 0.15) is 24.8 Å². The van der Waals surface area contributed by atoms with E-state index in [1.54, 1.807) is 0 Å². The molecule has 4 heteroatoms. The van der Waals surface area contributed by atoms with Gasteiger partial charge in [0.1, 0.15) is 13.2 Å². The molecule has 1 saturated carbocycles. The van der Waals surface area contributed by atoms with E-state index in [2.05, 4.69) is 24.1 Å². The van der Waals surface area contributed by atoms with Gasteiger partial charge in [0.25, 0.3) is 0 Å². The highest BCUT2D eigenvalue weighted by Gasteiger charge is 2.26. The molecule has 1 aromatic carbocycles. The standard InChI is InChI=1S/C16H23NO3/c1-17(11-13-3-2-4-14(13)18)10-12-5-6-15-16(9-12)20-8-7-19-15/h5-6,9,13-14,18H,2-4,7-8,10-11H2,1H3. The minimum absolute atomic E-state index is 0.113. The van der Waals surface area contributed by atoms with E-state index in [1.807, 2.05) is 6.07 Å². The lowest BCUT2D eigenvalue weighted by molar-refractivity contribution is 0.108. The van der Waals surface area contributed by atoms with E-state index in [-0.39, 0.29) is 6.10 Å². The van der Waals surface area contributed by atoms with E-state index in [9.17, 15) is 5.11 Å². The summed E-state index contributed by atoms with van der Waals surface area (Å²) >= 11 is 0. The highest BCUT2D eigenvalue weighted by molar-refractivity contribution is 5.43. The average Bonchev–Trinajstić information content (AvgIpc) is 2.84. The highest BCUT2D eigenvalue weighted by atomic mass is 16.6. The third-order valence-electron chi connectivity index (χ3n) is 4.22. The first-order valence-corrected chi connectivity index (χ1v) is 7.47. The Bertz CT molecular complexity index is 463. The Hall–Kier alpha value is -1.26. The SMILES string of the molecule is CN(Cc1ccc2c(c1)OCCO2)CC1CCCC1O. The van der Waals surface area contributed by atoms with Crippen LogP contribution in [0.2, 0.25) is 0 Å². The summed E-state index contributed by atoms with van der Waals surface area (Å²) in [6.07, 6.45) is 3.15. The Morgan fingerprint density at radius 3 is 2.75 bits per heavy atom. The molecule has 0 radical (unpaired) electrons. The van der Waals surface area contributed by atoms with Crippen molar-refractivity contribution in [3.05, 3.63) is 23.8 Å². The molecule has 1 aromatic rings. The Kier molecular flexibility index (Phi) is 4.13. The lowest BCUT2D eigenvalue weighted by atomic mass is 10.1. The molecule has 4 nitrogen and oxygen atoms in total. The second-order valence-corrected chi connectivity index (χ2v) is 5.93. The van der Waals surface area contributed by atoms with Gasteiger partial charge in [-0.25, -0.2) is 0 Å². The summed E-state index contributed by atoms with van der Waals surface area (Å²) in [6, 6.07) is 6.15. The molecule has 110 valence electrons. The summed E-state index contributed by atoms with van der Waals surface area (Å²) < 4.78 is 11.1. The van der Waals surface area contributed by atoms with Gasteiger partial charge in [0.2, 0.25) is 0 Å². The second-order valence-electron chi connectivity index (χ2n) is 5.93. The zero-order valence-electron chi connectivity index (χ0n) is 12.0. The van der Waals surface area contributed by atoms with Crippen LogP contribution < -0.4 is 9.47 Å². The van der Waals surface area contributed by atoms with Gasteiger partial charge >= 0.3 is 0 Å². The van der Waals surface area contributed by atoms with Crippen LogP contribution in [-0.2, 0) is 6.54 Å². The van der Waals surface area contributed by atoms with Crippen molar-refractivity contribution >= 4 is 0 Å². The van der Waals surface area contributed by atoms with Gasteiger partial charge in [0, 0.05) is 13.1 Å². The first kappa shape index (κ1) is 13.7. The number of fused-ring (bicyclic) bond motifs is 1. The van der Waals surface area contributed by atoms with Crippen LogP contribution in [0.4, 0.5) is 0 Å². The van der Waals surface area contributed by atoms with E-state index in [4.69, 9.17) is 9.47 Å². The first-order chi connectivity index (χ1) is 9.72. The fourth-order valence-corrected chi connectivity index (χ4v) is 3.19. The molecular weight excluding hydrogens is 254 g/mol. The van der Waals surface area contributed by atoms with Crippen molar-refractivity contribution in [2.24, 2.45) is 5.92 Å². The van der Waals surface area contributed by atoms with Gasteiger partial charge in [0.15, 0.2) is 11.5 Å². The van der Waals surface area contributed by atoms with Crippen molar-refractivity contribution < 1.29 is 14.6 Å². The van der Waals surface area contributed by atoms with Gasteiger partial charge in [-0.3, -0.25) is 0 Å². The van der Waals surface area contributed by atoms with Gasteiger partial charge in [-0.05, 0) is 43.5 Å². The molecule has 1 heterocycles. The smallest absolute Gasteiger partial charge is 0.161 e. The molecule has 1 fully saturated rings. The quantitative estimate of drug-likeness (QED) is 0.914. The van der Waals surface area contributed by atoms with Gasteiger partial charge in [-0.15, -0.1) is 0 Å². The minimum Gasteiger partial charge on any atom is -0.486 e.